The van der Waals surface area contributed by atoms with Crippen molar-refractivity contribution in [3.05, 3.63) is 11.6 Å². The molecule has 0 aliphatic carbocycles. The van der Waals surface area contributed by atoms with Crippen LogP contribution in [0.25, 0.3) is 0 Å². The first-order valence-electron chi connectivity index (χ1n) is 6.13. The van der Waals surface area contributed by atoms with Crippen LogP contribution in [0, 0.1) is 0 Å². The predicted octanol–water partition coefficient (Wildman–Crippen LogP) is 2.17. The maximum Gasteiger partial charge on any atom is 0.0357 e. The molecule has 2 nitrogen and oxygen atoms in total. The van der Waals surface area contributed by atoms with Gasteiger partial charge in [-0.3, -0.25) is 10.2 Å². The third kappa shape index (κ3) is 2.43. The minimum atomic E-state index is 0.165. The molecule has 1 fully saturated rings. The summed E-state index contributed by atoms with van der Waals surface area (Å²) in [6.45, 7) is 12.8. The highest BCUT2D eigenvalue weighted by atomic mass is 15.2. The molecule has 86 valence electrons. The molecule has 2 heteroatoms. The maximum absolute atomic E-state index is 3.67. The van der Waals surface area contributed by atoms with Crippen molar-refractivity contribution in [3.8, 4) is 0 Å². The van der Waals surface area contributed by atoms with Gasteiger partial charge in [0, 0.05) is 17.6 Å². The van der Waals surface area contributed by atoms with Crippen LogP contribution in [-0.4, -0.2) is 35.6 Å². The van der Waals surface area contributed by atoms with Gasteiger partial charge in [0.2, 0.25) is 0 Å². The van der Waals surface area contributed by atoms with E-state index >= 15 is 0 Å². The van der Waals surface area contributed by atoms with Crippen molar-refractivity contribution in [2.75, 3.05) is 19.6 Å². The van der Waals surface area contributed by atoms with Crippen LogP contribution in [0.15, 0.2) is 11.6 Å². The lowest BCUT2D eigenvalue weighted by Gasteiger charge is -2.29. The zero-order valence-corrected chi connectivity index (χ0v) is 10.6. The summed E-state index contributed by atoms with van der Waals surface area (Å²) in [6, 6.07) is 0. The van der Waals surface area contributed by atoms with E-state index in [-0.39, 0.29) is 11.1 Å². The molecule has 0 amide bonds. The van der Waals surface area contributed by atoms with Gasteiger partial charge >= 0.3 is 0 Å². The average Bonchev–Trinajstić information content (AvgIpc) is 2.58. The first-order valence-corrected chi connectivity index (χ1v) is 6.13. The molecule has 0 atom stereocenters. The fourth-order valence-electron chi connectivity index (χ4n) is 2.96. The van der Waals surface area contributed by atoms with E-state index < -0.39 is 0 Å². The summed E-state index contributed by atoms with van der Waals surface area (Å²) in [5.74, 6) is 0. The van der Waals surface area contributed by atoms with Gasteiger partial charge < -0.3 is 0 Å². The van der Waals surface area contributed by atoms with E-state index in [1.54, 1.807) is 5.57 Å². The minimum Gasteiger partial charge on any atom is -0.300 e. The van der Waals surface area contributed by atoms with E-state index in [1.165, 1.54) is 25.9 Å². The smallest absolute Gasteiger partial charge is 0.0357 e. The lowest BCUT2D eigenvalue weighted by molar-refractivity contribution is 0.330. The molecule has 0 unspecified atom stereocenters. The van der Waals surface area contributed by atoms with Gasteiger partial charge in [-0.15, -0.1) is 0 Å². The molecule has 1 N–H and O–H groups in total. The van der Waals surface area contributed by atoms with Crippen molar-refractivity contribution in [2.24, 2.45) is 0 Å². The van der Waals surface area contributed by atoms with Crippen LogP contribution in [0.5, 0.6) is 0 Å². The fourth-order valence-corrected chi connectivity index (χ4v) is 2.96. The quantitative estimate of drug-likeness (QED) is 0.700. The van der Waals surface area contributed by atoms with Crippen LogP contribution in [-0.2, 0) is 0 Å². The van der Waals surface area contributed by atoms with Crippen LogP contribution in [0.2, 0.25) is 0 Å². The number of hydrogen-bond acceptors (Lipinski definition) is 2. The SMILES string of the molecule is CC1(C)C=C(CN2CCCC2)C(C)(C)N1. The lowest BCUT2D eigenvalue weighted by Crippen LogP contribution is -2.46. The Morgan fingerprint density at radius 2 is 1.80 bits per heavy atom. The normalized spacial score (nSPS) is 29.5. The predicted molar refractivity (Wildman–Crippen MR) is 65.1 cm³/mol. The van der Waals surface area contributed by atoms with Crippen LogP contribution in [0.3, 0.4) is 0 Å². The second kappa shape index (κ2) is 3.60. The Labute approximate surface area is 93.7 Å². The van der Waals surface area contributed by atoms with Crippen LogP contribution >= 0.6 is 0 Å². The van der Waals surface area contributed by atoms with Gasteiger partial charge in [-0.05, 0) is 59.2 Å². The van der Waals surface area contributed by atoms with Gasteiger partial charge in [0.25, 0.3) is 0 Å². The van der Waals surface area contributed by atoms with Crippen molar-refractivity contribution < 1.29 is 0 Å². The van der Waals surface area contributed by atoms with E-state index in [2.05, 4.69) is 44.0 Å². The zero-order chi connectivity index (χ0) is 11.1. The van der Waals surface area contributed by atoms with Crippen molar-refractivity contribution in [1.82, 2.24) is 10.2 Å². The molecule has 0 aromatic rings. The van der Waals surface area contributed by atoms with Gasteiger partial charge in [-0.2, -0.15) is 0 Å². The first-order chi connectivity index (χ1) is 6.89. The van der Waals surface area contributed by atoms with E-state index in [0.717, 1.165) is 6.54 Å². The summed E-state index contributed by atoms with van der Waals surface area (Å²) in [4.78, 5) is 2.58. The molecule has 2 aliphatic rings. The van der Waals surface area contributed by atoms with E-state index in [0.29, 0.717) is 0 Å². The molecule has 0 aromatic heterocycles. The maximum atomic E-state index is 3.67. The highest BCUT2D eigenvalue weighted by Crippen LogP contribution is 2.30. The molecule has 2 aliphatic heterocycles. The molecule has 0 spiro atoms. The molecule has 0 aromatic carbocycles. The molecule has 2 heterocycles. The lowest BCUT2D eigenvalue weighted by atomic mass is 9.96. The van der Waals surface area contributed by atoms with Gasteiger partial charge in [-0.1, -0.05) is 6.08 Å². The summed E-state index contributed by atoms with van der Waals surface area (Å²) in [5.41, 5.74) is 1.90. The summed E-state index contributed by atoms with van der Waals surface area (Å²) >= 11 is 0. The Hall–Kier alpha value is -0.340. The second-order valence-electron chi connectivity index (χ2n) is 6.12. The topological polar surface area (TPSA) is 15.3 Å². The molecule has 0 radical (unpaired) electrons. The molecular formula is C13H24N2. The highest BCUT2D eigenvalue weighted by molar-refractivity contribution is 5.31. The molecule has 15 heavy (non-hydrogen) atoms. The van der Waals surface area contributed by atoms with E-state index in [4.69, 9.17) is 0 Å². The number of likely N-dealkylation sites (tertiary alicyclic amines) is 1. The highest BCUT2D eigenvalue weighted by Gasteiger charge is 2.37. The van der Waals surface area contributed by atoms with Crippen molar-refractivity contribution in [2.45, 2.75) is 51.6 Å². The number of nitrogens with one attached hydrogen (secondary N) is 1. The molecule has 1 saturated heterocycles. The van der Waals surface area contributed by atoms with Crippen molar-refractivity contribution in [3.63, 3.8) is 0 Å². The number of hydrogen-bond donors (Lipinski definition) is 1. The first kappa shape index (κ1) is 11.2. The average molecular weight is 208 g/mol. The Bertz CT molecular complexity index is 270. The summed E-state index contributed by atoms with van der Waals surface area (Å²) in [5, 5.41) is 3.67. The summed E-state index contributed by atoms with van der Waals surface area (Å²) in [7, 11) is 0. The standard InChI is InChI=1S/C13H24N2/c1-12(2)9-11(13(3,4)14-12)10-15-7-5-6-8-15/h9,14H,5-8,10H2,1-4H3. The third-order valence-corrected chi connectivity index (χ3v) is 3.57. The third-order valence-electron chi connectivity index (χ3n) is 3.57. The minimum absolute atomic E-state index is 0.165. The Kier molecular flexibility index (Phi) is 2.68. The number of rotatable bonds is 2. The van der Waals surface area contributed by atoms with Gasteiger partial charge in [0.1, 0.15) is 0 Å². The van der Waals surface area contributed by atoms with Crippen LogP contribution < -0.4 is 5.32 Å². The van der Waals surface area contributed by atoms with Crippen molar-refractivity contribution >= 4 is 0 Å². The van der Waals surface area contributed by atoms with Crippen LogP contribution in [0.4, 0.5) is 0 Å². The van der Waals surface area contributed by atoms with Crippen LogP contribution in [0.1, 0.15) is 40.5 Å². The molecule has 0 bridgehead atoms. The molecule has 0 saturated carbocycles. The molecule has 2 rings (SSSR count). The Morgan fingerprint density at radius 1 is 1.20 bits per heavy atom. The Balaban J connectivity index is 2.06. The van der Waals surface area contributed by atoms with Crippen molar-refractivity contribution in [1.29, 1.82) is 0 Å². The van der Waals surface area contributed by atoms with E-state index in [9.17, 15) is 0 Å². The largest absolute Gasteiger partial charge is 0.300 e. The fraction of sp³-hybridized carbons (Fsp3) is 0.846. The number of nitrogens with zero attached hydrogens (tertiary/aromatic N) is 1. The van der Waals surface area contributed by atoms with E-state index in [1.807, 2.05) is 0 Å². The molecular weight excluding hydrogens is 184 g/mol. The van der Waals surface area contributed by atoms with Gasteiger partial charge in [0.05, 0.1) is 0 Å². The monoisotopic (exact) mass is 208 g/mol. The zero-order valence-electron chi connectivity index (χ0n) is 10.6. The second-order valence-corrected chi connectivity index (χ2v) is 6.12. The summed E-state index contributed by atoms with van der Waals surface area (Å²) in [6.07, 6.45) is 5.18. The van der Waals surface area contributed by atoms with Gasteiger partial charge in [0.15, 0.2) is 0 Å². The summed E-state index contributed by atoms with van der Waals surface area (Å²) < 4.78 is 0. The van der Waals surface area contributed by atoms with Gasteiger partial charge in [-0.25, -0.2) is 0 Å². The Morgan fingerprint density at radius 3 is 2.27 bits per heavy atom.